The lowest BCUT2D eigenvalue weighted by Crippen LogP contribution is -2.10. The lowest BCUT2D eigenvalue weighted by Gasteiger charge is -2.06. The van der Waals surface area contributed by atoms with Gasteiger partial charge in [0.05, 0.1) is 0 Å². The second kappa shape index (κ2) is 7.11. The molecule has 0 bridgehead atoms. The Morgan fingerprint density at radius 1 is 1.36 bits per heavy atom. The monoisotopic (exact) mass is 196 g/mol. The first-order chi connectivity index (χ1) is 5.22. The van der Waals surface area contributed by atoms with Crippen LogP contribution in [0.5, 0.6) is 0 Å². The van der Waals surface area contributed by atoms with Gasteiger partial charge in [-0.15, -0.1) is 11.6 Å². The van der Waals surface area contributed by atoms with Crippen molar-refractivity contribution in [1.29, 1.82) is 0 Å². The highest BCUT2D eigenvalue weighted by molar-refractivity contribution is 7.86. The molecule has 0 saturated carbocycles. The van der Waals surface area contributed by atoms with Crippen LogP contribution in [0.2, 0.25) is 0 Å². The van der Waals surface area contributed by atoms with Gasteiger partial charge in [0.1, 0.15) is 4.71 Å². The highest BCUT2D eigenvalue weighted by atomic mass is 35.5. The van der Waals surface area contributed by atoms with Crippen LogP contribution in [0.1, 0.15) is 39.5 Å². The van der Waals surface area contributed by atoms with Crippen molar-refractivity contribution in [3.63, 3.8) is 0 Å². The maximum absolute atomic E-state index is 11.3. The Labute approximate surface area is 77.0 Å². The molecule has 0 heterocycles. The molecule has 0 spiro atoms. The van der Waals surface area contributed by atoms with Gasteiger partial charge in [0.2, 0.25) is 0 Å². The van der Waals surface area contributed by atoms with E-state index in [2.05, 4.69) is 13.8 Å². The molecule has 0 N–H and O–H groups in total. The van der Waals surface area contributed by atoms with Crippen LogP contribution >= 0.6 is 11.6 Å². The summed E-state index contributed by atoms with van der Waals surface area (Å²) in [6.07, 6.45) is 4.02. The number of alkyl halides is 1. The Morgan fingerprint density at radius 3 is 2.45 bits per heavy atom. The summed E-state index contributed by atoms with van der Waals surface area (Å²) in [6.45, 7) is 4.16. The number of hydrogen-bond acceptors (Lipinski definition) is 1. The molecular weight excluding hydrogens is 180 g/mol. The SMILES string of the molecule is CCCCS(=O)C(Cl)CCC. The first kappa shape index (κ1) is 11.4. The van der Waals surface area contributed by atoms with Gasteiger partial charge in [0.15, 0.2) is 0 Å². The molecule has 0 radical (unpaired) electrons. The molecule has 11 heavy (non-hydrogen) atoms. The molecule has 2 atom stereocenters. The van der Waals surface area contributed by atoms with Crippen LogP contribution in [0, 0.1) is 0 Å². The summed E-state index contributed by atoms with van der Waals surface area (Å²) < 4.78 is 11.2. The standard InChI is InChI=1S/C8H17ClOS/c1-3-5-7-11(10)8(9)6-4-2/h8H,3-7H2,1-2H3. The van der Waals surface area contributed by atoms with Gasteiger partial charge >= 0.3 is 0 Å². The number of hydrogen-bond donors (Lipinski definition) is 0. The van der Waals surface area contributed by atoms with Crippen molar-refractivity contribution < 1.29 is 4.21 Å². The van der Waals surface area contributed by atoms with Gasteiger partial charge in [-0.1, -0.05) is 26.7 Å². The van der Waals surface area contributed by atoms with E-state index >= 15 is 0 Å². The van der Waals surface area contributed by atoms with E-state index in [0.717, 1.165) is 31.4 Å². The summed E-state index contributed by atoms with van der Waals surface area (Å²) in [7, 11) is -0.799. The topological polar surface area (TPSA) is 17.1 Å². The van der Waals surface area contributed by atoms with E-state index in [4.69, 9.17) is 11.6 Å². The van der Waals surface area contributed by atoms with Crippen molar-refractivity contribution in [2.24, 2.45) is 0 Å². The Kier molecular flexibility index (Phi) is 7.39. The third-order valence-electron chi connectivity index (χ3n) is 1.50. The van der Waals surface area contributed by atoms with Crippen LogP contribution in [-0.2, 0) is 10.8 Å². The van der Waals surface area contributed by atoms with E-state index in [1.54, 1.807) is 0 Å². The first-order valence-electron chi connectivity index (χ1n) is 4.23. The summed E-state index contributed by atoms with van der Waals surface area (Å²) in [5, 5.41) is 0. The fourth-order valence-electron chi connectivity index (χ4n) is 0.773. The molecule has 2 unspecified atom stereocenters. The van der Waals surface area contributed by atoms with Crippen LogP contribution in [0.25, 0.3) is 0 Å². The Hall–Kier alpha value is 0.440. The van der Waals surface area contributed by atoms with Crippen LogP contribution in [0.15, 0.2) is 0 Å². The minimum atomic E-state index is -0.799. The molecule has 68 valence electrons. The van der Waals surface area contributed by atoms with Crippen molar-refractivity contribution >= 4 is 22.4 Å². The smallest absolute Gasteiger partial charge is 0.109 e. The van der Waals surface area contributed by atoms with Crippen LogP contribution in [0.3, 0.4) is 0 Å². The minimum absolute atomic E-state index is 0.119. The molecule has 0 aromatic carbocycles. The highest BCUT2D eigenvalue weighted by Crippen LogP contribution is 2.11. The lowest BCUT2D eigenvalue weighted by atomic mass is 10.4. The van der Waals surface area contributed by atoms with E-state index in [9.17, 15) is 4.21 Å². The maximum atomic E-state index is 11.3. The third-order valence-corrected chi connectivity index (χ3v) is 3.81. The van der Waals surface area contributed by atoms with Gasteiger partial charge in [-0.25, -0.2) is 0 Å². The summed E-state index contributed by atoms with van der Waals surface area (Å²) in [4.78, 5) is 0. The Bertz CT molecular complexity index is 117. The average molecular weight is 197 g/mol. The van der Waals surface area contributed by atoms with Gasteiger partial charge in [-0.05, 0) is 12.8 Å². The first-order valence-corrected chi connectivity index (χ1v) is 6.05. The van der Waals surface area contributed by atoms with Gasteiger partial charge in [0, 0.05) is 16.6 Å². The zero-order valence-electron chi connectivity index (χ0n) is 7.31. The second-order valence-electron chi connectivity index (χ2n) is 2.64. The average Bonchev–Trinajstić information content (AvgIpc) is 2.00. The van der Waals surface area contributed by atoms with E-state index in [1.165, 1.54) is 0 Å². The molecule has 0 aliphatic heterocycles. The predicted molar refractivity (Wildman–Crippen MR) is 52.5 cm³/mol. The van der Waals surface area contributed by atoms with Crippen LogP contribution < -0.4 is 0 Å². The molecule has 0 saturated heterocycles. The van der Waals surface area contributed by atoms with E-state index in [0.29, 0.717) is 0 Å². The zero-order valence-corrected chi connectivity index (χ0v) is 8.88. The molecule has 1 nitrogen and oxygen atoms in total. The molecule has 0 amide bonds. The second-order valence-corrected chi connectivity index (χ2v) is 5.16. The molecule has 0 aromatic heterocycles. The number of halogens is 1. The van der Waals surface area contributed by atoms with Crippen LogP contribution in [-0.4, -0.2) is 14.7 Å². The van der Waals surface area contributed by atoms with Crippen molar-refractivity contribution in [3.05, 3.63) is 0 Å². The highest BCUT2D eigenvalue weighted by Gasteiger charge is 2.10. The largest absolute Gasteiger partial charge is 0.258 e. The molecule has 0 aliphatic rings. The quantitative estimate of drug-likeness (QED) is 0.598. The van der Waals surface area contributed by atoms with Gasteiger partial charge in [0.25, 0.3) is 0 Å². The van der Waals surface area contributed by atoms with Crippen molar-refractivity contribution in [1.82, 2.24) is 0 Å². The number of unbranched alkanes of at least 4 members (excludes halogenated alkanes) is 1. The lowest BCUT2D eigenvalue weighted by molar-refractivity contribution is 0.672. The van der Waals surface area contributed by atoms with Crippen LogP contribution in [0.4, 0.5) is 0 Å². The summed E-state index contributed by atoms with van der Waals surface area (Å²) in [5.74, 6) is 0.769. The fraction of sp³-hybridized carbons (Fsp3) is 1.00. The van der Waals surface area contributed by atoms with E-state index in [1.807, 2.05) is 0 Å². The normalized spacial score (nSPS) is 16.3. The molecule has 0 aliphatic carbocycles. The van der Waals surface area contributed by atoms with Crippen molar-refractivity contribution in [2.45, 2.75) is 44.2 Å². The van der Waals surface area contributed by atoms with Crippen molar-refractivity contribution in [2.75, 3.05) is 5.75 Å². The fourth-order valence-corrected chi connectivity index (χ4v) is 2.59. The molecule has 0 aromatic rings. The van der Waals surface area contributed by atoms with Gasteiger partial charge < -0.3 is 0 Å². The van der Waals surface area contributed by atoms with Crippen molar-refractivity contribution in [3.8, 4) is 0 Å². The number of rotatable bonds is 6. The predicted octanol–water partition coefficient (Wildman–Crippen LogP) is 2.90. The minimum Gasteiger partial charge on any atom is -0.258 e. The Balaban J connectivity index is 3.47. The Morgan fingerprint density at radius 2 is 2.00 bits per heavy atom. The van der Waals surface area contributed by atoms with E-state index in [-0.39, 0.29) is 4.71 Å². The van der Waals surface area contributed by atoms with E-state index < -0.39 is 10.8 Å². The maximum Gasteiger partial charge on any atom is 0.109 e. The molecule has 0 fully saturated rings. The summed E-state index contributed by atoms with van der Waals surface area (Å²) in [5.41, 5.74) is 0. The molecule has 3 heteroatoms. The third kappa shape index (κ3) is 5.68. The summed E-state index contributed by atoms with van der Waals surface area (Å²) >= 11 is 5.87. The zero-order chi connectivity index (χ0) is 8.69. The molecular formula is C8H17ClOS. The summed E-state index contributed by atoms with van der Waals surface area (Å²) in [6, 6.07) is 0. The molecule has 0 rings (SSSR count). The van der Waals surface area contributed by atoms with Gasteiger partial charge in [-0.3, -0.25) is 4.21 Å². The van der Waals surface area contributed by atoms with Gasteiger partial charge in [-0.2, -0.15) is 0 Å².